The smallest absolute Gasteiger partial charge is 0.265 e. The molecule has 1 N–H and O–H groups in total. The van der Waals surface area contributed by atoms with Gasteiger partial charge in [0.1, 0.15) is 8.60 Å². The Kier molecular flexibility index (Phi) is 5.12. The highest BCUT2D eigenvalue weighted by molar-refractivity contribution is 14.1. The molecule has 0 unspecified atom stereocenters. The van der Waals surface area contributed by atoms with Gasteiger partial charge in [-0.3, -0.25) is 4.79 Å². The van der Waals surface area contributed by atoms with Crippen LogP contribution in [0.4, 0.5) is 0 Å². The maximum Gasteiger partial charge on any atom is 0.265 e. The van der Waals surface area contributed by atoms with Crippen molar-refractivity contribution in [3.05, 3.63) is 20.3 Å². The molecule has 3 nitrogen and oxygen atoms in total. The standard InChI is InChI=1S/C7H8ClIN2OS/c8-2-1-3-13-7-5(9)6(12)10-4-11-7/h4H,1-3H2,(H,10,11,12). The van der Waals surface area contributed by atoms with Crippen LogP contribution in [0.15, 0.2) is 16.1 Å². The number of hydrogen-bond donors (Lipinski definition) is 1. The normalized spacial score (nSPS) is 10.3. The van der Waals surface area contributed by atoms with E-state index in [-0.39, 0.29) is 5.56 Å². The van der Waals surface area contributed by atoms with E-state index in [1.54, 1.807) is 11.8 Å². The fourth-order valence-electron chi connectivity index (χ4n) is 0.691. The highest BCUT2D eigenvalue weighted by Gasteiger charge is 2.04. The number of thioether (sulfide) groups is 1. The Hall–Kier alpha value is 0.250. The number of rotatable bonds is 4. The molecule has 0 aliphatic rings. The van der Waals surface area contributed by atoms with E-state index in [1.807, 2.05) is 22.6 Å². The van der Waals surface area contributed by atoms with Crippen LogP contribution in [0.25, 0.3) is 0 Å². The second-order valence-electron chi connectivity index (χ2n) is 2.24. The van der Waals surface area contributed by atoms with E-state index < -0.39 is 0 Å². The third-order valence-electron chi connectivity index (χ3n) is 1.28. The molecule has 0 aliphatic heterocycles. The zero-order chi connectivity index (χ0) is 9.68. The molecule has 0 fully saturated rings. The molecule has 0 bridgehead atoms. The molecule has 0 atom stereocenters. The topological polar surface area (TPSA) is 45.8 Å². The average molecular weight is 331 g/mol. The van der Waals surface area contributed by atoms with Gasteiger partial charge in [-0.1, -0.05) is 0 Å². The number of aromatic amines is 1. The number of nitrogens with one attached hydrogen (secondary N) is 1. The van der Waals surface area contributed by atoms with Crippen molar-refractivity contribution in [2.24, 2.45) is 0 Å². The largest absolute Gasteiger partial charge is 0.312 e. The maximum absolute atomic E-state index is 11.1. The summed E-state index contributed by atoms with van der Waals surface area (Å²) in [4.78, 5) is 17.7. The van der Waals surface area contributed by atoms with Crippen molar-refractivity contribution in [3.63, 3.8) is 0 Å². The Morgan fingerprint density at radius 3 is 3.15 bits per heavy atom. The summed E-state index contributed by atoms with van der Waals surface area (Å²) in [5, 5.41) is 0.787. The van der Waals surface area contributed by atoms with Crippen LogP contribution >= 0.6 is 46.0 Å². The molecule has 0 amide bonds. The quantitative estimate of drug-likeness (QED) is 0.302. The maximum atomic E-state index is 11.1. The first kappa shape index (κ1) is 11.3. The first-order valence-electron chi connectivity index (χ1n) is 3.67. The zero-order valence-electron chi connectivity index (χ0n) is 6.72. The Labute approximate surface area is 98.8 Å². The molecule has 0 saturated heterocycles. The first-order valence-corrected chi connectivity index (χ1v) is 6.27. The summed E-state index contributed by atoms with van der Waals surface area (Å²) in [7, 11) is 0. The minimum Gasteiger partial charge on any atom is -0.312 e. The summed E-state index contributed by atoms with van der Waals surface area (Å²) < 4.78 is 0.652. The number of nitrogens with zero attached hydrogens (tertiary/aromatic N) is 1. The van der Waals surface area contributed by atoms with Crippen LogP contribution in [0.5, 0.6) is 0 Å². The molecule has 13 heavy (non-hydrogen) atoms. The van der Waals surface area contributed by atoms with Gasteiger partial charge < -0.3 is 4.98 Å². The minimum atomic E-state index is -0.0797. The second kappa shape index (κ2) is 5.87. The molecule has 1 aromatic heterocycles. The molecule has 0 radical (unpaired) electrons. The fourth-order valence-corrected chi connectivity index (χ4v) is 2.57. The molecule has 0 spiro atoms. The van der Waals surface area contributed by atoms with Crippen molar-refractivity contribution in [2.75, 3.05) is 11.6 Å². The predicted molar refractivity (Wildman–Crippen MR) is 63.6 cm³/mol. The molecule has 0 saturated carbocycles. The van der Waals surface area contributed by atoms with Gasteiger partial charge in [0.25, 0.3) is 5.56 Å². The Balaban J connectivity index is 2.66. The summed E-state index contributed by atoms with van der Waals surface area (Å²) in [5.74, 6) is 1.54. The van der Waals surface area contributed by atoms with Gasteiger partial charge in [-0.05, 0) is 29.0 Å². The fraction of sp³-hybridized carbons (Fsp3) is 0.429. The van der Waals surface area contributed by atoms with Gasteiger partial charge in [-0.25, -0.2) is 4.98 Å². The van der Waals surface area contributed by atoms with E-state index in [2.05, 4.69) is 9.97 Å². The molecule has 6 heteroatoms. The first-order chi connectivity index (χ1) is 6.25. The van der Waals surface area contributed by atoms with Crippen LogP contribution in [0, 0.1) is 3.57 Å². The van der Waals surface area contributed by atoms with Crippen LogP contribution in [-0.2, 0) is 0 Å². The SMILES string of the molecule is O=c1[nH]cnc(SCCCCl)c1I. The van der Waals surface area contributed by atoms with Gasteiger partial charge in [0, 0.05) is 11.6 Å². The number of hydrogen-bond acceptors (Lipinski definition) is 3. The lowest BCUT2D eigenvalue weighted by Gasteiger charge is -1.99. The molecule has 0 aliphatic carbocycles. The summed E-state index contributed by atoms with van der Waals surface area (Å²) in [6.07, 6.45) is 2.35. The minimum absolute atomic E-state index is 0.0797. The van der Waals surface area contributed by atoms with Crippen molar-refractivity contribution >= 4 is 46.0 Å². The van der Waals surface area contributed by atoms with Crippen molar-refractivity contribution in [1.82, 2.24) is 9.97 Å². The summed E-state index contributed by atoms with van der Waals surface area (Å²) >= 11 is 9.09. The molecular weight excluding hydrogens is 323 g/mol. The van der Waals surface area contributed by atoms with Gasteiger partial charge in [-0.15, -0.1) is 23.4 Å². The molecular formula is C7H8ClIN2OS. The molecule has 0 aromatic carbocycles. The lowest BCUT2D eigenvalue weighted by Crippen LogP contribution is -2.11. The average Bonchev–Trinajstić information content (AvgIpc) is 2.13. The van der Waals surface area contributed by atoms with Gasteiger partial charge >= 0.3 is 0 Å². The Bertz CT molecular complexity index is 331. The van der Waals surface area contributed by atoms with Crippen LogP contribution in [0.2, 0.25) is 0 Å². The Morgan fingerprint density at radius 2 is 2.46 bits per heavy atom. The zero-order valence-corrected chi connectivity index (χ0v) is 10.4. The molecule has 1 rings (SSSR count). The number of alkyl halides is 1. The van der Waals surface area contributed by atoms with E-state index in [9.17, 15) is 4.79 Å². The van der Waals surface area contributed by atoms with E-state index in [0.29, 0.717) is 9.45 Å². The van der Waals surface area contributed by atoms with Gasteiger partial charge in [-0.2, -0.15) is 0 Å². The Morgan fingerprint density at radius 1 is 1.69 bits per heavy atom. The van der Waals surface area contributed by atoms with Gasteiger partial charge in [0.15, 0.2) is 0 Å². The molecule has 1 heterocycles. The van der Waals surface area contributed by atoms with E-state index in [1.165, 1.54) is 6.33 Å². The number of aromatic nitrogens is 2. The van der Waals surface area contributed by atoms with Crippen LogP contribution in [0.3, 0.4) is 0 Å². The summed E-state index contributed by atoms with van der Waals surface area (Å²) in [5.41, 5.74) is -0.0797. The highest BCUT2D eigenvalue weighted by atomic mass is 127. The predicted octanol–water partition coefficient (Wildman–Crippen LogP) is 2.10. The third kappa shape index (κ3) is 3.47. The highest BCUT2D eigenvalue weighted by Crippen LogP contribution is 2.19. The van der Waals surface area contributed by atoms with E-state index in [4.69, 9.17) is 11.6 Å². The lowest BCUT2D eigenvalue weighted by atomic mass is 10.6. The summed E-state index contributed by atoms with van der Waals surface area (Å²) in [6, 6.07) is 0. The van der Waals surface area contributed by atoms with Crippen molar-refractivity contribution in [2.45, 2.75) is 11.4 Å². The summed E-state index contributed by atoms with van der Waals surface area (Å²) in [6.45, 7) is 0. The molecule has 1 aromatic rings. The van der Waals surface area contributed by atoms with Crippen molar-refractivity contribution in [1.29, 1.82) is 0 Å². The number of H-pyrrole nitrogens is 1. The molecule has 72 valence electrons. The monoisotopic (exact) mass is 330 g/mol. The van der Waals surface area contributed by atoms with Crippen molar-refractivity contribution in [3.8, 4) is 0 Å². The van der Waals surface area contributed by atoms with Crippen molar-refractivity contribution < 1.29 is 0 Å². The van der Waals surface area contributed by atoms with Crippen LogP contribution in [0.1, 0.15) is 6.42 Å². The van der Waals surface area contributed by atoms with Gasteiger partial charge in [0.2, 0.25) is 0 Å². The van der Waals surface area contributed by atoms with E-state index in [0.717, 1.165) is 17.2 Å². The lowest BCUT2D eigenvalue weighted by molar-refractivity contribution is 0.983. The number of halogens is 2. The van der Waals surface area contributed by atoms with Gasteiger partial charge in [0.05, 0.1) is 6.33 Å². The third-order valence-corrected chi connectivity index (χ3v) is 3.99. The van der Waals surface area contributed by atoms with Crippen LogP contribution in [-0.4, -0.2) is 21.6 Å². The van der Waals surface area contributed by atoms with E-state index >= 15 is 0 Å². The van der Waals surface area contributed by atoms with Crippen LogP contribution < -0.4 is 5.56 Å². The second-order valence-corrected chi connectivity index (χ2v) is 4.78.